The molecule has 9 nitrogen and oxygen atoms in total. The van der Waals surface area contributed by atoms with Gasteiger partial charge < -0.3 is 24.1 Å². The quantitative estimate of drug-likeness (QED) is 0.313. The number of aliphatic hydroxyl groups is 1. The third-order valence-electron chi connectivity index (χ3n) is 4.73. The summed E-state index contributed by atoms with van der Waals surface area (Å²) in [5.41, 5.74) is 0.438. The Morgan fingerprint density at radius 2 is 1.68 bits per heavy atom. The average Bonchev–Trinajstić information content (AvgIpc) is 2.82. The van der Waals surface area contributed by atoms with Crippen molar-refractivity contribution in [1.82, 2.24) is 4.31 Å². The van der Waals surface area contributed by atoms with Crippen LogP contribution in [-0.2, 0) is 26.1 Å². The molecule has 2 rings (SSSR count). The summed E-state index contributed by atoms with van der Waals surface area (Å²) in [6.45, 7) is 1.32. The Hall–Kier alpha value is -2.60. The molecule has 0 saturated carbocycles. The predicted molar refractivity (Wildman–Crippen MR) is 130 cm³/mol. The van der Waals surface area contributed by atoms with Gasteiger partial charge in [-0.2, -0.15) is 4.31 Å². The first-order chi connectivity index (χ1) is 16.2. The summed E-state index contributed by atoms with van der Waals surface area (Å²) in [7, 11) is 0.318. The van der Waals surface area contributed by atoms with Crippen molar-refractivity contribution < 1.29 is 37.3 Å². The smallest absolute Gasteiger partial charge is 0.330 e. The monoisotopic (exact) mass is 557 g/mol. The molecule has 0 saturated heterocycles. The fourth-order valence-electron chi connectivity index (χ4n) is 3.06. The van der Waals surface area contributed by atoms with Crippen LogP contribution in [0, 0.1) is 0 Å². The number of halogens is 1. The van der Waals surface area contributed by atoms with E-state index in [2.05, 4.69) is 15.9 Å². The molecule has 0 radical (unpaired) electrons. The lowest BCUT2D eigenvalue weighted by atomic mass is 10.1. The zero-order valence-electron chi connectivity index (χ0n) is 19.4. The van der Waals surface area contributed by atoms with Crippen LogP contribution in [0.25, 0.3) is 0 Å². The number of methoxy groups -OCH3 is 3. The Kier molecular flexibility index (Phi) is 10.4. The molecule has 0 aliphatic heterocycles. The number of sulfonamides is 1. The van der Waals surface area contributed by atoms with Gasteiger partial charge in [-0.25, -0.2) is 13.2 Å². The van der Waals surface area contributed by atoms with Crippen LogP contribution in [0.4, 0.5) is 0 Å². The summed E-state index contributed by atoms with van der Waals surface area (Å²) < 4.78 is 49.8. The second kappa shape index (κ2) is 12.7. The molecule has 1 atom stereocenters. The molecule has 0 heterocycles. The van der Waals surface area contributed by atoms with Gasteiger partial charge in [0.15, 0.2) is 0 Å². The standard InChI is InChI=1S/C23H28BrNO8S/c1-5-33-23(27)11-8-17(26)14-25(34(28,29)19-9-6-16(24)7-10-19)15-20-21(31-3)12-18(30-2)13-22(20)32-4/h6-13,17,26H,5,14-15H2,1-4H3/b11-8+. The van der Waals surface area contributed by atoms with Crippen molar-refractivity contribution in [2.24, 2.45) is 0 Å². The lowest BCUT2D eigenvalue weighted by Crippen LogP contribution is -2.36. The van der Waals surface area contributed by atoms with E-state index in [-0.39, 0.29) is 24.6 Å². The van der Waals surface area contributed by atoms with Gasteiger partial charge in [-0.05, 0) is 37.3 Å². The van der Waals surface area contributed by atoms with Gasteiger partial charge in [0.1, 0.15) is 17.2 Å². The number of carbonyl (C=O) groups excluding carboxylic acids is 1. The third-order valence-corrected chi connectivity index (χ3v) is 7.09. The summed E-state index contributed by atoms with van der Waals surface area (Å²) >= 11 is 3.30. The zero-order chi connectivity index (χ0) is 25.3. The molecule has 2 aromatic rings. The van der Waals surface area contributed by atoms with Crippen LogP contribution in [-0.4, -0.2) is 64.4 Å². The topological polar surface area (TPSA) is 112 Å². The number of benzene rings is 2. The highest BCUT2D eigenvalue weighted by Crippen LogP contribution is 2.36. The normalized spacial score (nSPS) is 12.6. The van der Waals surface area contributed by atoms with Crippen molar-refractivity contribution in [3.63, 3.8) is 0 Å². The number of esters is 1. The van der Waals surface area contributed by atoms with E-state index in [1.54, 1.807) is 31.2 Å². The van der Waals surface area contributed by atoms with E-state index >= 15 is 0 Å². The van der Waals surface area contributed by atoms with Gasteiger partial charge in [0, 0.05) is 35.8 Å². The van der Waals surface area contributed by atoms with E-state index in [4.69, 9.17) is 18.9 Å². The first-order valence-electron chi connectivity index (χ1n) is 10.2. The molecule has 1 N–H and O–H groups in total. The molecule has 34 heavy (non-hydrogen) atoms. The van der Waals surface area contributed by atoms with Gasteiger partial charge in [0.05, 0.1) is 44.5 Å². The molecule has 186 valence electrons. The van der Waals surface area contributed by atoms with Crippen LogP contribution in [0.1, 0.15) is 12.5 Å². The molecule has 0 spiro atoms. The molecular formula is C23H28BrNO8S. The highest BCUT2D eigenvalue weighted by atomic mass is 79.9. The minimum Gasteiger partial charge on any atom is -0.496 e. The van der Waals surface area contributed by atoms with Crippen LogP contribution >= 0.6 is 15.9 Å². The van der Waals surface area contributed by atoms with E-state index in [0.717, 1.165) is 10.4 Å². The molecule has 11 heteroatoms. The minimum atomic E-state index is -4.07. The third kappa shape index (κ3) is 7.20. The van der Waals surface area contributed by atoms with Crippen molar-refractivity contribution in [3.8, 4) is 17.2 Å². The molecule has 0 aliphatic carbocycles. The van der Waals surface area contributed by atoms with Crippen molar-refractivity contribution >= 4 is 31.9 Å². The average molecular weight is 558 g/mol. The Bertz CT molecular complexity index is 1080. The number of carbonyl (C=O) groups is 1. The highest BCUT2D eigenvalue weighted by Gasteiger charge is 2.29. The van der Waals surface area contributed by atoms with Crippen LogP contribution in [0.5, 0.6) is 17.2 Å². The maximum atomic E-state index is 13.5. The summed E-state index contributed by atoms with van der Waals surface area (Å²) in [5.74, 6) is 0.534. The molecule has 0 bridgehead atoms. The van der Waals surface area contributed by atoms with Gasteiger partial charge in [-0.1, -0.05) is 15.9 Å². The van der Waals surface area contributed by atoms with E-state index in [0.29, 0.717) is 27.3 Å². The summed E-state index contributed by atoms with van der Waals surface area (Å²) in [4.78, 5) is 11.6. The number of hydrogen-bond acceptors (Lipinski definition) is 8. The van der Waals surface area contributed by atoms with Gasteiger partial charge in [0.2, 0.25) is 10.0 Å². The zero-order valence-corrected chi connectivity index (χ0v) is 21.8. The second-order valence-corrected chi connectivity index (χ2v) is 9.79. The first-order valence-corrected chi connectivity index (χ1v) is 12.5. The second-order valence-electron chi connectivity index (χ2n) is 6.94. The van der Waals surface area contributed by atoms with Crippen molar-refractivity contribution in [1.29, 1.82) is 0 Å². The van der Waals surface area contributed by atoms with Crippen molar-refractivity contribution in [2.45, 2.75) is 24.5 Å². The lowest BCUT2D eigenvalue weighted by Gasteiger charge is -2.26. The van der Waals surface area contributed by atoms with E-state index < -0.39 is 22.1 Å². The van der Waals surface area contributed by atoms with E-state index in [9.17, 15) is 18.3 Å². The van der Waals surface area contributed by atoms with Crippen LogP contribution in [0.2, 0.25) is 0 Å². The first kappa shape index (κ1) is 27.6. The van der Waals surface area contributed by atoms with Gasteiger partial charge in [-0.3, -0.25) is 0 Å². The number of ether oxygens (including phenoxy) is 4. The Balaban J connectivity index is 2.49. The predicted octanol–water partition coefficient (Wildman–Crippen LogP) is 3.15. The molecule has 0 aliphatic rings. The molecular weight excluding hydrogens is 530 g/mol. The molecule has 0 fully saturated rings. The van der Waals surface area contributed by atoms with Crippen LogP contribution < -0.4 is 14.2 Å². The maximum Gasteiger partial charge on any atom is 0.330 e. The SMILES string of the molecule is CCOC(=O)/C=C/C(O)CN(Cc1c(OC)cc(OC)cc1OC)S(=O)(=O)c1ccc(Br)cc1. The number of rotatable bonds is 12. The Labute approximate surface area is 208 Å². The lowest BCUT2D eigenvalue weighted by molar-refractivity contribution is -0.137. The Morgan fingerprint density at radius 3 is 2.18 bits per heavy atom. The van der Waals surface area contributed by atoms with E-state index in [1.165, 1.54) is 39.5 Å². The van der Waals surface area contributed by atoms with Gasteiger partial charge in [-0.15, -0.1) is 0 Å². The number of aliphatic hydroxyl groups excluding tert-OH is 1. The van der Waals surface area contributed by atoms with Crippen molar-refractivity contribution in [3.05, 3.63) is 58.6 Å². The molecule has 0 aromatic heterocycles. The number of nitrogens with zero attached hydrogens (tertiary/aromatic N) is 1. The van der Waals surface area contributed by atoms with Crippen LogP contribution in [0.15, 0.2) is 57.9 Å². The number of hydrogen-bond donors (Lipinski definition) is 1. The molecule has 0 amide bonds. The van der Waals surface area contributed by atoms with Crippen LogP contribution in [0.3, 0.4) is 0 Å². The van der Waals surface area contributed by atoms with Crippen molar-refractivity contribution in [2.75, 3.05) is 34.5 Å². The Morgan fingerprint density at radius 1 is 1.09 bits per heavy atom. The maximum absolute atomic E-state index is 13.5. The fourth-order valence-corrected chi connectivity index (χ4v) is 4.75. The largest absolute Gasteiger partial charge is 0.496 e. The summed E-state index contributed by atoms with van der Waals surface area (Å²) in [6.07, 6.45) is 0.961. The minimum absolute atomic E-state index is 0.0312. The fraction of sp³-hybridized carbons (Fsp3) is 0.348. The van der Waals surface area contributed by atoms with Gasteiger partial charge in [0.25, 0.3) is 0 Å². The van der Waals surface area contributed by atoms with E-state index in [1.807, 2.05) is 0 Å². The van der Waals surface area contributed by atoms with Gasteiger partial charge >= 0.3 is 5.97 Å². The molecule has 2 aromatic carbocycles. The summed E-state index contributed by atoms with van der Waals surface area (Å²) in [5, 5.41) is 10.5. The summed E-state index contributed by atoms with van der Waals surface area (Å²) in [6, 6.07) is 9.34. The highest BCUT2D eigenvalue weighted by molar-refractivity contribution is 9.10. The molecule has 1 unspecified atom stereocenters.